The molecule has 4 nitrogen and oxygen atoms in total. The number of nitrogens with one attached hydrogen (secondary N) is 1. The molecule has 0 unspecified atom stereocenters. The molecular weight excluding hydrogens is 362 g/mol. The molecule has 0 saturated carbocycles. The molecule has 0 fully saturated rings. The Morgan fingerprint density at radius 3 is 2.37 bits per heavy atom. The average molecular weight is 380 g/mol. The number of aryl methyl sites for hydroxylation is 1. The number of carbonyl (C=O) groups is 2. The molecule has 27 heavy (non-hydrogen) atoms. The first-order valence-corrected chi connectivity index (χ1v) is 8.72. The molecule has 0 aliphatic rings. The first-order valence-electron chi connectivity index (χ1n) is 8.34. The van der Waals surface area contributed by atoms with Crippen LogP contribution in [0, 0.1) is 6.92 Å². The van der Waals surface area contributed by atoms with Crippen molar-refractivity contribution in [2.45, 2.75) is 6.92 Å². The third kappa shape index (κ3) is 4.36. The first kappa shape index (κ1) is 18.7. The monoisotopic (exact) mass is 379 g/mol. The van der Waals surface area contributed by atoms with Crippen molar-refractivity contribution in [3.63, 3.8) is 0 Å². The summed E-state index contributed by atoms with van der Waals surface area (Å²) in [7, 11) is 1.28. The average Bonchev–Trinajstić information content (AvgIpc) is 2.69. The molecule has 3 aromatic carbocycles. The zero-order valence-electron chi connectivity index (χ0n) is 15.0. The van der Waals surface area contributed by atoms with E-state index in [4.69, 9.17) is 16.3 Å². The van der Waals surface area contributed by atoms with E-state index in [-0.39, 0.29) is 11.5 Å². The number of hydrogen-bond acceptors (Lipinski definition) is 3. The van der Waals surface area contributed by atoms with Gasteiger partial charge >= 0.3 is 5.97 Å². The van der Waals surface area contributed by atoms with Crippen LogP contribution in [0.5, 0.6) is 0 Å². The summed E-state index contributed by atoms with van der Waals surface area (Å²) >= 11 is 5.95. The Morgan fingerprint density at radius 2 is 1.67 bits per heavy atom. The lowest BCUT2D eigenvalue weighted by Gasteiger charge is -2.11. The Bertz CT molecular complexity index is 997. The minimum atomic E-state index is -0.568. The number of rotatable bonds is 4. The molecule has 0 saturated heterocycles. The Morgan fingerprint density at radius 1 is 0.926 bits per heavy atom. The van der Waals surface area contributed by atoms with E-state index in [1.165, 1.54) is 18.7 Å². The van der Waals surface area contributed by atoms with Gasteiger partial charge in [-0.2, -0.15) is 0 Å². The van der Waals surface area contributed by atoms with Crippen LogP contribution in [0.3, 0.4) is 0 Å². The van der Waals surface area contributed by atoms with Crippen LogP contribution >= 0.6 is 11.6 Å². The zero-order chi connectivity index (χ0) is 19.4. The highest BCUT2D eigenvalue weighted by atomic mass is 35.5. The summed E-state index contributed by atoms with van der Waals surface area (Å²) in [6.45, 7) is 2.03. The molecule has 0 aliphatic carbocycles. The van der Waals surface area contributed by atoms with Gasteiger partial charge < -0.3 is 10.1 Å². The van der Waals surface area contributed by atoms with Crippen molar-refractivity contribution in [2.24, 2.45) is 0 Å². The van der Waals surface area contributed by atoms with Crippen LogP contribution in [0.2, 0.25) is 5.02 Å². The number of amides is 1. The summed E-state index contributed by atoms with van der Waals surface area (Å²) in [4.78, 5) is 24.6. The fourth-order valence-corrected chi connectivity index (χ4v) is 2.86. The highest BCUT2D eigenvalue weighted by molar-refractivity contribution is 6.31. The Kier molecular flexibility index (Phi) is 5.57. The number of halogens is 1. The molecule has 5 heteroatoms. The number of ether oxygens (including phenoxy) is 1. The normalized spacial score (nSPS) is 10.3. The summed E-state index contributed by atoms with van der Waals surface area (Å²) in [6.07, 6.45) is 0. The number of methoxy groups -OCH3 is 1. The summed E-state index contributed by atoms with van der Waals surface area (Å²) in [5, 5.41) is 3.14. The smallest absolute Gasteiger partial charge is 0.340 e. The lowest BCUT2D eigenvalue weighted by molar-refractivity contribution is 0.0602. The third-order valence-electron chi connectivity index (χ3n) is 4.14. The van der Waals surface area contributed by atoms with Crippen molar-refractivity contribution >= 4 is 29.2 Å². The molecule has 0 aliphatic heterocycles. The van der Waals surface area contributed by atoms with Gasteiger partial charge in [0.25, 0.3) is 5.91 Å². The maximum Gasteiger partial charge on any atom is 0.340 e. The van der Waals surface area contributed by atoms with Gasteiger partial charge in [0.05, 0.1) is 18.4 Å². The molecule has 3 aromatic rings. The molecular formula is C22H18ClNO3. The van der Waals surface area contributed by atoms with Gasteiger partial charge in [-0.1, -0.05) is 53.6 Å². The Hall–Kier alpha value is -3.11. The van der Waals surface area contributed by atoms with E-state index >= 15 is 0 Å². The molecule has 0 radical (unpaired) electrons. The number of benzene rings is 3. The van der Waals surface area contributed by atoms with Gasteiger partial charge in [0.1, 0.15) is 0 Å². The van der Waals surface area contributed by atoms with E-state index < -0.39 is 5.97 Å². The van der Waals surface area contributed by atoms with Crippen molar-refractivity contribution in [1.29, 1.82) is 0 Å². The van der Waals surface area contributed by atoms with Gasteiger partial charge in [-0.3, -0.25) is 4.79 Å². The van der Waals surface area contributed by atoms with E-state index in [2.05, 4.69) is 5.32 Å². The molecule has 1 N–H and O–H groups in total. The predicted octanol–water partition coefficient (Wildman–Crippen LogP) is 5.35. The SMILES string of the molecule is COC(=O)c1cc(Cl)ccc1NC(=O)c1cccc(-c2ccc(C)cc2)c1. The standard InChI is InChI=1S/C22H18ClNO3/c1-14-6-8-15(9-7-14)16-4-3-5-17(12-16)21(25)24-20-11-10-18(23)13-19(20)22(26)27-2/h3-13H,1-2H3,(H,24,25). The fraction of sp³-hybridized carbons (Fsp3) is 0.0909. The van der Waals surface area contributed by atoms with Gasteiger partial charge in [-0.05, 0) is 48.4 Å². The number of esters is 1. The number of hydrogen-bond donors (Lipinski definition) is 1. The van der Waals surface area contributed by atoms with Crippen molar-refractivity contribution in [2.75, 3.05) is 12.4 Å². The van der Waals surface area contributed by atoms with Crippen LogP contribution in [-0.4, -0.2) is 19.0 Å². The van der Waals surface area contributed by atoms with E-state index in [1.807, 2.05) is 49.4 Å². The highest BCUT2D eigenvalue weighted by Gasteiger charge is 2.16. The molecule has 1 amide bonds. The van der Waals surface area contributed by atoms with Crippen molar-refractivity contribution in [1.82, 2.24) is 0 Å². The van der Waals surface area contributed by atoms with Crippen molar-refractivity contribution in [3.8, 4) is 11.1 Å². The zero-order valence-corrected chi connectivity index (χ0v) is 15.7. The van der Waals surface area contributed by atoms with Crippen LogP contribution in [0.1, 0.15) is 26.3 Å². The van der Waals surface area contributed by atoms with Gasteiger partial charge in [0.2, 0.25) is 0 Å². The van der Waals surface area contributed by atoms with Crippen LogP contribution in [0.4, 0.5) is 5.69 Å². The summed E-state index contributed by atoms with van der Waals surface area (Å²) in [6, 6.07) is 20.0. The molecule has 0 atom stereocenters. The second-order valence-electron chi connectivity index (χ2n) is 6.08. The van der Waals surface area contributed by atoms with E-state index in [1.54, 1.807) is 18.2 Å². The predicted molar refractivity (Wildman–Crippen MR) is 107 cm³/mol. The van der Waals surface area contributed by atoms with E-state index in [9.17, 15) is 9.59 Å². The van der Waals surface area contributed by atoms with Gasteiger partial charge in [0, 0.05) is 10.6 Å². The largest absolute Gasteiger partial charge is 0.465 e. The number of carbonyl (C=O) groups excluding carboxylic acids is 2. The van der Waals surface area contributed by atoms with Crippen LogP contribution in [-0.2, 0) is 4.74 Å². The quantitative estimate of drug-likeness (QED) is 0.621. The maximum absolute atomic E-state index is 12.7. The Balaban J connectivity index is 1.88. The van der Waals surface area contributed by atoms with Gasteiger partial charge in [-0.25, -0.2) is 4.79 Å². The first-order chi connectivity index (χ1) is 13.0. The van der Waals surface area contributed by atoms with Crippen LogP contribution < -0.4 is 5.32 Å². The molecule has 0 heterocycles. The molecule has 0 bridgehead atoms. The van der Waals surface area contributed by atoms with Crippen molar-refractivity contribution < 1.29 is 14.3 Å². The highest BCUT2D eigenvalue weighted by Crippen LogP contribution is 2.24. The topological polar surface area (TPSA) is 55.4 Å². The lowest BCUT2D eigenvalue weighted by atomic mass is 10.0. The fourth-order valence-electron chi connectivity index (χ4n) is 2.68. The minimum Gasteiger partial charge on any atom is -0.465 e. The second-order valence-corrected chi connectivity index (χ2v) is 6.52. The van der Waals surface area contributed by atoms with E-state index in [0.29, 0.717) is 16.3 Å². The number of anilines is 1. The molecule has 136 valence electrons. The van der Waals surface area contributed by atoms with Gasteiger partial charge in [0.15, 0.2) is 0 Å². The van der Waals surface area contributed by atoms with Crippen LogP contribution in [0.25, 0.3) is 11.1 Å². The maximum atomic E-state index is 12.7. The summed E-state index contributed by atoms with van der Waals surface area (Å²) in [5.74, 6) is -0.891. The molecule has 0 spiro atoms. The molecule has 0 aromatic heterocycles. The van der Waals surface area contributed by atoms with Gasteiger partial charge in [-0.15, -0.1) is 0 Å². The second kappa shape index (κ2) is 8.06. The lowest BCUT2D eigenvalue weighted by Crippen LogP contribution is -2.15. The van der Waals surface area contributed by atoms with E-state index in [0.717, 1.165) is 11.1 Å². The molecule has 3 rings (SSSR count). The van der Waals surface area contributed by atoms with Crippen molar-refractivity contribution in [3.05, 3.63) is 88.4 Å². The summed E-state index contributed by atoms with van der Waals surface area (Å²) in [5.41, 5.74) is 4.17. The minimum absolute atomic E-state index is 0.202. The summed E-state index contributed by atoms with van der Waals surface area (Å²) < 4.78 is 4.76. The Labute approximate surface area is 162 Å². The third-order valence-corrected chi connectivity index (χ3v) is 4.38. The van der Waals surface area contributed by atoms with Crippen LogP contribution in [0.15, 0.2) is 66.7 Å².